The number of halogens is 2. The zero-order chi connectivity index (χ0) is 9.84. The summed E-state index contributed by atoms with van der Waals surface area (Å²) in [4.78, 5) is 11.4. The van der Waals surface area contributed by atoms with Crippen LogP contribution < -0.4 is 10.6 Å². The quantitative estimate of drug-likeness (QED) is 0.694. The van der Waals surface area contributed by atoms with Gasteiger partial charge in [-0.2, -0.15) is 0 Å². The molecule has 5 heteroatoms. The molecule has 82 valence electrons. The summed E-state index contributed by atoms with van der Waals surface area (Å²) in [7, 11) is 0. The van der Waals surface area contributed by atoms with Gasteiger partial charge in [0, 0.05) is 19.0 Å². The van der Waals surface area contributed by atoms with Crippen molar-refractivity contribution in [1.29, 1.82) is 0 Å². The Morgan fingerprint density at radius 3 is 2.86 bits per heavy atom. The molecular formula is C9H16ClFN2O. The highest BCUT2D eigenvalue weighted by atomic mass is 35.5. The molecule has 1 amide bonds. The maximum absolute atomic E-state index is 12.7. The van der Waals surface area contributed by atoms with Crippen molar-refractivity contribution in [2.45, 2.75) is 31.6 Å². The van der Waals surface area contributed by atoms with Crippen LogP contribution in [0.2, 0.25) is 0 Å². The van der Waals surface area contributed by atoms with Crippen LogP contribution in [0.3, 0.4) is 0 Å². The maximum atomic E-state index is 12.7. The molecule has 1 rings (SSSR count). The van der Waals surface area contributed by atoms with E-state index >= 15 is 0 Å². The van der Waals surface area contributed by atoms with Gasteiger partial charge >= 0.3 is 0 Å². The fourth-order valence-corrected chi connectivity index (χ4v) is 1.28. The summed E-state index contributed by atoms with van der Waals surface area (Å²) in [6.07, 6.45) is 1.02. The predicted octanol–water partition coefficient (Wildman–Crippen LogP) is 0.799. The molecule has 3 nitrogen and oxygen atoms in total. The molecule has 0 aromatic carbocycles. The lowest BCUT2D eigenvalue weighted by Gasteiger charge is -2.13. The Morgan fingerprint density at radius 1 is 1.79 bits per heavy atom. The molecule has 2 N–H and O–H groups in total. The third-order valence-electron chi connectivity index (χ3n) is 2.12. The second kappa shape index (κ2) is 5.98. The van der Waals surface area contributed by atoms with E-state index in [9.17, 15) is 9.18 Å². The zero-order valence-corrected chi connectivity index (χ0v) is 8.94. The van der Waals surface area contributed by atoms with E-state index in [0.717, 1.165) is 0 Å². The Bertz CT molecular complexity index is 213. The zero-order valence-electron chi connectivity index (χ0n) is 8.13. The Hall–Kier alpha value is -0.610. The largest absolute Gasteiger partial charge is 0.349 e. The summed E-state index contributed by atoms with van der Waals surface area (Å²) < 4.78 is 12.7. The molecule has 0 aromatic heterocycles. The van der Waals surface area contributed by atoms with Gasteiger partial charge in [0.05, 0.1) is 6.04 Å². The third-order valence-corrected chi connectivity index (χ3v) is 2.12. The van der Waals surface area contributed by atoms with Crippen molar-refractivity contribution in [2.75, 3.05) is 6.54 Å². The minimum absolute atomic E-state index is 0. The monoisotopic (exact) mass is 222 g/mol. The van der Waals surface area contributed by atoms with Crippen LogP contribution in [-0.4, -0.2) is 30.7 Å². The topological polar surface area (TPSA) is 41.1 Å². The maximum Gasteiger partial charge on any atom is 0.237 e. The van der Waals surface area contributed by atoms with Gasteiger partial charge in [0.2, 0.25) is 5.91 Å². The molecule has 1 fully saturated rings. The first-order chi connectivity index (χ1) is 6.13. The van der Waals surface area contributed by atoms with Gasteiger partial charge in [-0.25, -0.2) is 4.39 Å². The molecule has 0 bridgehead atoms. The average molecular weight is 223 g/mol. The van der Waals surface area contributed by atoms with Crippen molar-refractivity contribution in [3.05, 3.63) is 12.7 Å². The van der Waals surface area contributed by atoms with Gasteiger partial charge in [0.1, 0.15) is 6.17 Å². The SMILES string of the molecule is C=CC(C)NC(=O)[C@@H]1C[C@@H](F)CN1.Cl. The van der Waals surface area contributed by atoms with Gasteiger partial charge in [0.25, 0.3) is 0 Å². The second-order valence-electron chi connectivity index (χ2n) is 3.33. The van der Waals surface area contributed by atoms with E-state index in [1.54, 1.807) is 6.08 Å². The molecular weight excluding hydrogens is 207 g/mol. The summed E-state index contributed by atoms with van der Waals surface area (Å²) in [6.45, 7) is 5.65. The van der Waals surface area contributed by atoms with Gasteiger partial charge in [-0.3, -0.25) is 4.79 Å². The molecule has 3 atom stereocenters. The molecule has 1 aliphatic heterocycles. The molecule has 0 spiro atoms. The van der Waals surface area contributed by atoms with Crippen LogP contribution in [0.15, 0.2) is 12.7 Å². The Labute approximate surface area is 89.5 Å². The Kier molecular flexibility index (Phi) is 5.72. The Balaban J connectivity index is 0.00000169. The number of nitrogens with one attached hydrogen (secondary N) is 2. The van der Waals surface area contributed by atoms with Crippen LogP contribution in [0.1, 0.15) is 13.3 Å². The van der Waals surface area contributed by atoms with E-state index in [0.29, 0.717) is 0 Å². The standard InChI is InChI=1S/C9H15FN2O.ClH/c1-3-6(2)12-9(13)8-4-7(10)5-11-8;/h3,6-8,11H,1,4-5H2,2H3,(H,12,13);1H/t6?,7-,8+;/m1./s1. The first-order valence-electron chi connectivity index (χ1n) is 4.44. The highest BCUT2D eigenvalue weighted by Gasteiger charge is 2.29. The van der Waals surface area contributed by atoms with Crippen LogP contribution in [-0.2, 0) is 4.79 Å². The molecule has 1 saturated heterocycles. The second-order valence-corrected chi connectivity index (χ2v) is 3.33. The number of carbonyl (C=O) groups excluding carboxylic acids is 1. The number of hydrogen-bond acceptors (Lipinski definition) is 2. The molecule has 1 heterocycles. The summed E-state index contributed by atoms with van der Waals surface area (Å²) in [6, 6.07) is -0.439. The van der Waals surface area contributed by atoms with Crippen molar-refractivity contribution in [3.63, 3.8) is 0 Å². The van der Waals surface area contributed by atoms with Gasteiger partial charge in [0.15, 0.2) is 0 Å². The molecule has 14 heavy (non-hydrogen) atoms. The number of rotatable bonds is 3. The lowest BCUT2D eigenvalue weighted by Crippen LogP contribution is -2.43. The van der Waals surface area contributed by atoms with Gasteiger partial charge in [-0.1, -0.05) is 6.08 Å². The molecule has 0 aromatic rings. The Morgan fingerprint density at radius 2 is 2.43 bits per heavy atom. The van der Waals surface area contributed by atoms with Crippen molar-refractivity contribution in [3.8, 4) is 0 Å². The molecule has 0 radical (unpaired) electrons. The third kappa shape index (κ3) is 3.64. The first-order valence-corrected chi connectivity index (χ1v) is 4.44. The van der Waals surface area contributed by atoms with Crippen LogP contribution >= 0.6 is 12.4 Å². The smallest absolute Gasteiger partial charge is 0.237 e. The summed E-state index contributed by atoms with van der Waals surface area (Å²) in [5, 5.41) is 5.52. The first kappa shape index (κ1) is 13.4. The molecule has 1 aliphatic rings. The van der Waals surface area contributed by atoms with Crippen molar-refractivity contribution < 1.29 is 9.18 Å². The summed E-state index contributed by atoms with van der Waals surface area (Å²) in [5.41, 5.74) is 0. The van der Waals surface area contributed by atoms with E-state index in [4.69, 9.17) is 0 Å². The van der Waals surface area contributed by atoms with E-state index in [1.165, 1.54) is 0 Å². The number of alkyl halides is 1. The van der Waals surface area contributed by atoms with E-state index < -0.39 is 6.17 Å². The highest BCUT2D eigenvalue weighted by Crippen LogP contribution is 2.09. The van der Waals surface area contributed by atoms with Crippen molar-refractivity contribution in [2.24, 2.45) is 0 Å². The fourth-order valence-electron chi connectivity index (χ4n) is 1.28. The van der Waals surface area contributed by atoms with Crippen molar-refractivity contribution >= 4 is 18.3 Å². The van der Waals surface area contributed by atoms with E-state index in [2.05, 4.69) is 17.2 Å². The lowest BCUT2D eigenvalue weighted by atomic mass is 10.2. The molecule has 0 saturated carbocycles. The van der Waals surface area contributed by atoms with Crippen LogP contribution in [0.5, 0.6) is 0 Å². The minimum atomic E-state index is -0.894. The average Bonchev–Trinajstić information content (AvgIpc) is 2.51. The minimum Gasteiger partial charge on any atom is -0.349 e. The molecule has 0 aliphatic carbocycles. The van der Waals surface area contributed by atoms with E-state index in [1.807, 2.05) is 6.92 Å². The van der Waals surface area contributed by atoms with Gasteiger partial charge < -0.3 is 10.6 Å². The fraction of sp³-hybridized carbons (Fsp3) is 0.667. The number of carbonyl (C=O) groups is 1. The van der Waals surface area contributed by atoms with Gasteiger partial charge in [-0.15, -0.1) is 19.0 Å². The summed E-state index contributed by atoms with van der Waals surface area (Å²) >= 11 is 0. The van der Waals surface area contributed by atoms with Crippen LogP contribution in [0.25, 0.3) is 0 Å². The number of hydrogen-bond donors (Lipinski definition) is 2. The summed E-state index contributed by atoms with van der Waals surface area (Å²) in [5.74, 6) is -0.146. The normalized spacial score (nSPS) is 27.6. The number of amides is 1. The van der Waals surface area contributed by atoms with Gasteiger partial charge in [-0.05, 0) is 6.92 Å². The predicted molar refractivity (Wildman–Crippen MR) is 56.4 cm³/mol. The van der Waals surface area contributed by atoms with Crippen LogP contribution in [0.4, 0.5) is 4.39 Å². The van der Waals surface area contributed by atoms with E-state index in [-0.39, 0.29) is 43.4 Å². The molecule has 1 unspecified atom stereocenters. The van der Waals surface area contributed by atoms with Crippen molar-refractivity contribution in [1.82, 2.24) is 10.6 Å². The lowest BCUT2D eigenvalue weighted by molar-refractivity contribution is -0.123. The highest BCUT2D eigenvalue weighted by molar-refractivity contribution is 5.85. The van der Waals surface area contributed by atoms with Crippen LogP contribution in [0, 0.1) is 0 Å².